The maximum absolute atomic E-state index is 5.86. The van der Waals surface area contributed by atoms with Gasteiger partial charge in [0.25, 0.3) is 0 Å². The number of hydrogen-bond acceptors (Lipinski definition) is 3. The standard InChI is InChI=1S/C13H19ClN2O/c1-13(2)5-3-11(4-6-13)17-12-9-15-8-10(7-14)16-12/h8-9,11H,3-7H2,1-2H3. The minimum atomic E-state index is 0.280. The lowest BCUT2D eigenvalue weighted by molar-refractivity contribution is 0.0944. The molecule has 4 heteroatoms. The molecule has 0 spiro atoms. The minimum Gasteiger partial charge on any atom is -0.473 e. The van der Waals surface area contributed by atoms with Gasteiger partial charge in [0.15, 0.2) is 0 Å². The number of hydrogen-bond donors (Lipinski definition) is 0. The molecule has 0 aromatic carbocycles. The molecule has 1 aromatic rings. The molecule has 1 aliphatic carbocycles. The van der Waals surface area contributed by atoms with Gasteiger partial charge in [0.2, 0.25) is 5.88 Å². The molecule has 1 aliphatic rings. The van der Waals surface area contributed by atoms with Crippen LogP contribution < -0.4 is 4.74 Å². The SMILES string of the molecule is CC1(C)CCC(Oc2cncc(CCl)n2)CC1. The van der Waals surface area contributed by atoms with Crippen LogP contribution in [0.1, 0.15) is 45.2 Å². The lowest BCUT2D eigenvalue weighted by atomic mass is 9.76. The highest BCUT2D eigenvalue weighted by Crippen LogP contribution is 2.36. The molecule has 94 valence electrons. The summed E-state index contributed by atoms with van der Waals surface area (Å²) in [6.45, 7) is 4.63. The van der Waals surface area contributed by atoms with Gasteiger partial charge < -0.3 is 4.74 Å². The van der Waals surface area contributed by atoms with Crippen LogP contribution in [-0.2, 0) is 5.88 Å². The summed E-state index contributed by atoms with van der Waals surface area (Å²) < 4.78 is 5.86. The van der Waals surface area contributed by atoms with E-state index in [4.69, 9.17) is 16.3 Å². The van der Waals surface area contributed by atoms with E-state index in [0.29, 0.717) is 17.2 Å². The summed E-state index contributed by atoms with van der Waals surface area (Å²) in [6, 6.07) is 0. The summed E-state index contributed by atoms with van der Waals surface area (Å²) in [5.41, 5.74) is 1.23. The zero-order chi connectivity index (χ0) is 12.3. The highest BCUT2D eigenvalue weighted by atomic mass is 35.5. The van der Waals surface area contributed by atoms with Crippen molar-refractivity contribution in [3.8, 4) is 5.88 Å². The van der Waals surface area contributed by atoms with Crippen LogP contribution >= 0.6 is 11.6 Å². The number of ether oxygens (including phenoxy) is 1. The molecule has 17 heavy (non-hydrogen) atoms. The maximum atomic E-state index is 5.86. The Morgan fingerprint density at radius 2 is 2.06 bits per heavy atom. The Labute approximate surface area is 108 Å². The van der Waals surface area contributed by atoms with Gasteiger partial charge in [-0.15, -0.1) is 11.6 Å². The molecule has 0 bridgehead atoms. The van der Waals surface area contributed by atoms with Gasteiger partial charge in [-0.25, -0.2) is 4.98 Å². The van der Waals surface area contributed by atoms with Crippen LogP contribution in [0.3, 0.4) is 0 Å². The first kappa shape index (κ1) is 12.6. The fourth-order valence-electron chi connectivity index (χ4n) is 2.17. The van der Waals surface area contributed by atoms with Gasteiger partial charge >= 0.3 is 0 Å². The smallest absolute Gasteiger partial charge is 0.232 e. The molecule has 1 fully saturated rings. The predicted molar refractivity (Wildman–Crippen MR) is 68.3 cm³/mol. The lowest BCUT2D eigenvalue weighted by Crippen LogP contribution is -2.28. The summed E-state index contributed by atoms with van der Waals surface area (Å²) in [6.07, 6.45) is 8.22. The molecule has 1 aromatic heterocycles. The minimum absolute atomic E-state index is 0.280. The van der Waals surface area contributed by atoms with Crippen LogP contribution in [0.5, 0.6) is 5.88 Å². The van der Waals surface area contributed by atoms with E-state index < -0.39 is 0 Å². The highest BCUT2D eigenvalue weighted by Gasteiger charge is 2.28. The average Bonchev–Trinajstić information content (AvgIpc) is 2.32. The van der Waals surface area contributed by atoms with E-state index in [0.717, 1.165) is 18.5 Å². The van der Waals surface area contributed by atoms with E-state index in [1.165, 1.54) is 12.8 Å². The van der Waals surface area contributed by atoms with Crippen molar-refractivity contribution in [2.45, 2.75) is 51.5 Å². The van der Waals surface area contributed by atoms with Crippen LogP contribution in [0, 0.1) is 5.41 Å². The van der Waals surface area contributed by atoms with E-state index in [-0.39, 0.29) is 6.10 Å². The first-order valence-corrected chi connectivity index (χ1v) is 6.66. The van der Waals surface area contributed by atoms with Crippen molar-refractivity contribution in [3.05, 3.63) is 18.1 Å². The molecule has 2 rings (SSSR count). The van der Waals surface area contributed by atoms with Crippen molar-refractivity contribution >= 4 is 11.6 Å². The summed E-state index contributed by atoms with van der Waals surface area (Å²) in [7, 11) is 0. The summed E-state index contributed by atoms with van der Waals surface area (Å²) in [4.78, 5) is 8.38. The van der Waals surface area contributed by atoms with E-state index >= 15 is 0 Å². The molecule has 0 saturated heterocycles. The topological polar surface area (TPSA) is 35.0 Å². The van der Waals surface area contributed by atoms with Gasteiger partial charge in [0.1, 0.15) is 6.10 Å². The Hall–Kier alpha value is -0.830. The van der Waals surface area contributed by atoms with Gasteiger partial charge in [-0.05, 0) is 31.1 Å². The van der Waals surface area contributed by atoms with Crippen LogP contribution in [0.25, 0.3) is 0 Å². The third kappa shape index (κ3) is 3.56. The molecule has 1 saturated carbocycles. The van der Waals surface area contributed by atoms with Gasteiger partial charge in [0, 0.05) is 6.20 Å². The zero-order valence-electron chi connectivity index (χ0n) is 10.4. The Morgan fingerprint density at radius 3 is 2.71 bits per heavy atom. The molecule has 0 aliphatic heterocycles. The number of halogens is 1. The van der Waals surface area contributed by atoms with Crippen molar-refractivity contribution in [1.29, 1.82) is 0 Å². The summed E-state index contributed by atoms with van der Waals surface area (Å²) >= 11 is 5.72. The summed E-state index contributed by atoms with van der Waals surface area (Å²) in [5.74, 6) is 0.981. The molecule has 0 amide bonds. The third-order valence-corrected chi connectivity index (χ3v) is 3.65. The van der Waals surface area contributed by atoms with Gasteiger partial charge in [0.05, 0.1) is 17.8 Å². The van der Waals surface area contributed by atoms with Crippen LogP contribution in [0.2, 0.25) is 0 Å². The zero-order valence-corrected chi connectivity index (χ0v) is 11.2. The Morgan fingerprint density at radius 1 is 1.35 bits per heavy atom. The third-order valence-electron chi connectivity index (χ3n) is 3.37. The Balaban J connectivity index is 1.93. The normalized spacial score (nSPS) is 20.2. The second-order valence-electron chi connectivity index (χ2n) is 5.46. The van der Waals surface area contributed by atoms with Gasteiger partial charge in [-0.3, -0.25) is 4.98 Å². The van der Waals surface area contributed by atoms with Crippen molar-refractivity contribution in [3.63, 3.8) is 0 Å². The first-order chi connectivity index (χ1) is 8.09. The molecular formula is C13H19ClN2O. The van der Waals surface area contributed by atoms with E-state index in [1.807, 2.05) is 0 Å². The molecule has 0 atom stereocenters. The van der Waals surface area contributed by atoms with Crippen LogP contribution in [0.15, 0.2) is 12.4 Å². The average molecular weight is 255 g/mol. The molecule has 0 N–H and O–H groups in total. The second-order valence-corrected chi connectivity index (χ2v) is 5.73. The fraction of sp³-hybridized carbons (Fsp3) is 0.692. The van der Waals surface area contributed by atoms with E-state index in [2.05, 4.69) is 23.8 Å². The van der Waals surface area contributed by atoms with E-state index in [9.17, 15) is 0 Å². The lowest BCUT2D eigenvalue weighted by Gasteiger charge is -2.34. The number of aromatic nitrogens is 2. The van der Waals surface area contributed by atoms with Crippen molar-refractivity contribution in [1.82, 2.24) is 9.97 Å². The monoisotopic (exact) mass is 254 g/mol. The maximum Gasteiger partial charge on any atom is 0.232 e. The van der Waals surface area contributed by atoms with Gasteiger partial charge in [-0.1, -0.05) is 13.8 Å². The largest absolute Gasteiger partial charge is 0.473 e. The van der Waals surface area contributed by atoms with Crippen LogP contribution in [-0.4, -0.2) is 16.1 Å². The van der Waals surface area contributed by atoms with Crippen molar-refractivity contribution in [2.75, 3.05) is 0 Å². The van der Waals surface area contributed by atoms with Gasteiger partial charge in [-0.2, -0.15) is 0 Å². The molecule has 3 nitrogen and oxygen atoms in total. The number of alkyl halides is 1. The molecular weight excluding hydrogens is 236 g/mol. The van der Waals surface area contributed by atoms with Crippen molar-refractivity contribution in [2.24, 2.45) is 5.41 Å². The summed E-state index contributed by atoms with van der Waals surface area (Å²) in [5, 5.41) is 0. The second kappa shape index (κ2) is 5.21. The predicted octanol–water partition coefficient (Wildman–Crippen LogP) is 3.56. The molecule has 1 heterocycles. The first-order valence-electron chi connectivity index (χ1n) is 6.13. The van der Waals surface area contributed by atoms with Crippen molar-refractivity contribution < 1.29 is 4.74 Å². The quantitative estimate of drug-likeness (QED) is 0.774. The number of rotatable bonds is 3. The molecule has 0 radical (unpaired) electrons. The molecule has 0 unspecified atom stereocenters. The Kier molecular flexibility index (Phi) is 3.87. The fourth-order valence-corrected chi connectivity index (χ4v) is 2.30. The highest BCUT2D eigenvalue weighted by molar-refractivity contribution is 6.16. The number of nitrogens with zero attached hydrogens (tertiary/aromatic N) is 2. The Bertz CT molecular complexity index is 371. The van der Waals surface area contributed by atoms with E-state index in [1.54, 1.807) is 12.4 Å². The van der Waals surface area contributed by atoms with Crippen LogP contribution in [0.4, 0.5) is 0 Å².